The van der Waals surface area contributed by atoms with Crippen LogP contribution in [0.4, 0.5) is 0 Å². The first-order valence-electron chi connectivity index (χ1n) is 35.6. The highest BCUT2D eigenvalue weighted by molar-refractivity contribution is 5.71. The average molecular weight is 1120 g/mol. The summed E-state index contributed by atoms with van der Waals surface area (Å²) < 4.78 is 17.0. The number of unbranched alkanes of at least 4 members (excludes halogenated alkanes) is 47. The van der Waals surface area contributed by atoms with Crippen LogP contribution in [0.15, 0.2) is 48.6 Å². The minimum absolute atomic E-state index is 0.0737. The number of carbonyl (C=O) groups is 3. The van der Waals surface area contributed by atoms with Crippen molar-refractivity contribution in [2.75, 3.05) is 13.2 Å². The minimum Gasteiger partial charge on any atom is -0.462 e. The fourth-order valence-corrected chi connectivity index (χ4v) is 10.7. The first-order valence-corrected chi connectivity index (χ1v) is 35.6. The summed E-state index contributed by atoms with van der Waals surface area (Å²) >= 11 is 0. The predicted molar refractivity (Wildman–Crippen MR) is 349 cm³/mol. The molecular formula is C74H136O6. The van der Waals surface area contributed by atoms with E-state index in [0.717, 1.165) is 77.0 Å². The van der Waals surface area contributed by atoms with Gasteiger partial charge in [-0.1, -0.05) is 333 Å². The normalized spacial score (nSPS) is 12.3. The van der Waals surface area contributed by atoms with Gasteiger partial charge >= 0.3 is 17.9 Å². The fraction of sp³-hybridized carbons (Fsp3) is 0.851. The van der Waals surface area contributed by atoms with Gasteiger partial charge < -0.3 is 14.2 Å². The van der Waals surface area contributed by atoms with Gasteiger partial charge in [0.1, 0.15) is 13.2 Å². The van der Waals surface area contributed by atoms with Gasteiger partial charge in [-0.05, 0) is 83.5 Å². The summed E-state index contributed by atoms with van der Waals surface area (Å²) in [6.07, 6.45) is 87.1. The number of allylic oxidation sites excluding steroid dienone is 8. The molecule has 0 heterocycles. The second-order valence-electron chi connectivity index (χ2n) is 24.1. The Balaban J connectivity index is 4.30. The number of hydrogen-bond acceptors (Lipinski definition) is 6. The van der Waals surface area contributed by atoms with E-state index in [1.165, 1.54) is 270 Å². The van der Waals surface area contributed by atoms with E-state index in [0.29, 0.717) is 19.3 Å². The molecule has 6 heteroatoms. The summed E-state index contributed by atoms with van der Waals surface area (Å²) in [5.41, 5.74) is 0. The van der Waals surface area contributed by atoms with Crippen LogP contribution in [0.3, 0.4) is 0 Å². The van der Waals surface area contributed by atoms with Crippen molar-refractivity contribution in [2.45, 2.75) is 393 Å². The van der Waals surface area contributed by atoms with E-state index in [9.17, 15) is 14.4 Å². The minimum atomic E-state index is -0.778. The topological polar surface area (TPSA) is 78.9 Å². The van der Waals surface area contributed by atoms with Crippen molar-refractivity contribution >= 4 is 17.9 Å². The average Bonchev–Trinajstić information content (AvgIpc) is 3.46. The first-order chi connectivity index (χ1) is 39.5. The molecule has 0 N–H and O–H groups in total. The Labute approximate surface area is 498 Å². The number of ether oxygens (including phenoxy) is 3. The highest BCUT2D eigenvalue weighted by Gasteiger charge is 2.19. The molecule has 6 nitrogen and oxygen atoms in total. The van der Waals surface area contributed by atoms with Crippen LogP contribution in [0.2, 0.25) is 0 Å². The van der Waals surface area contributed by atoms with E-state index in [-0.39, 0.29) is 31.1 Å². The molecule has 0 aromatic rings. The van der Waals surface area contributed by atoms with Crippen molar-refractivity contribution < 1.29 is 28.6 Å². The molecule has 0 saturated carbocycles. The fourth-order valence-electron chi connectivity index (χ4n) is 10.7. The van der Waals surface area contributed by atoms with Crippen molar-refractivity contribution in [1.29, 1.82) is 0 Å². The zero-order chi connectivity index (χ0) is 57.8. The standard InChI is InChI=1S/C74H136O6/c1-4-7-10-13-16-19-22-25-28-30-32-34-36-37-38-40-41-43-46-49-52-55-58-61-64-67-73(76)79-70-71(69-78-72(75)66-63-60-57-54-51-48-45-27-24-21-18-15-12-9-6-3)80-74(77)68-65-62-59-56-53-50-47-44-42-39-35-33-31-29-26-23-20-17-14-11-8-5-2/h22,25,27,30,32,36-37,45,71H,4-21,23-24,26,28-29,31,33-35,38-44,46-70H2,1-3H3/b25-22-,32-30-,37-36-,45-27-. The first kappa shape index (κ1) is 77.4. The lowest BCUT2D eigenvalue weighted by molar-refractivity contribution is -0.167. The molecule has 80 heavy (non-hydrogen) atoms. The molecule has 1 unspecified atom stereocenters. The van der Waals surface area contributed by atoms with Crippen molar-refractivity contribution in [1.82, 2.24) is 0 Å². The Morgan fingerprint density at radius 2 is 0.450 bits per heavy atom. The molecule has 0 aromatic carbocycles. The lowest BCUT2D eigenvalue weighted by Gasteiger charge is -2.18. The zero-order valence-electron chi connectivity index (χ0n) is 53.9. The molecular weight excluding hydrogens is 985 g/mol. The molecule has 0 rings (SSSR count). The largest absolute Gasteiger partial charge is 0.462 e. The van der Waals surface area contributed by atoms with Gasteiger partial charge in [-0.3, -0.25) is 14.4 Å². The summed E-state index contributed by atoms with van der Waals surface area (Å²) in [6, 6.07) is 0. The maximum absolute atomic E-state index is 13.0. The van der Waals surface area contributed by atoms with Gasteiger partial charge in [0.25, 0.3) is 0 Å². The second kappa shape index (κ2) is 68.9. The number of carbonyl (C=O) groups excluding carboxylic acids is 3. The van der Waals surface area contributed by atoms with E-state index < -0.39 is 6.10 Å². The summed E-state index contributed by atoms with van der Waals surface area (Å²) in [5, 5.41) is 0. The number of rotatable bonds is 66. The smallest absolute Gasteiger partial charge is 0.306 e. The highest BCUT2D eigenvalue weighted by Crippen LogP contribution is 2.18. The number of esters is 3. The van der Waals surface area contributed by atoms with Crippen molar-refractivity contribution in [3.05, 3.63) is 48.6 Å². The molecule has 0 aliphatic heterocycles. The van der Waals surface area contributed by atoms with Crippen LogP contribution in [-0.4, -0.2) is 37.2 Å². The third kappa shape index (κ3) is 66.2. The molecule has 0 aromatic heterocycles. The Morgan fingerprint density at radius 3 is 0.713 bits per heavy atom. The Hall–Kier alpha value is -2.63. The van der Waals surface area contributed by atoms with Crippen LogP contribution in [0.25, 0.3) is 0 Å². The van der Waals surface area contributed by atoms with E-state index in [4.69, 9.17) is 14.2 Å². The molecule has 0 bridgehead atoms. The van der Waals surface area contributed by atoms with Crippen LogP contribution >= 0.6 is 0 Å². The monoisotopic (exact) mass is 1120 g/mol. The van der Waals surface area contributed by atoms with E-state index in [1.807, 2.05) is 0 Å². The second-order valence-corrected chi connectivity index (χ2v) is 24.1. The van der Waals surface area contributed by atoms with Crippen LogP contribution in [0.5, 0.6) is 0 Å². The Kier molecular flexibility index (Phi) is 66.6. The SMILES string of the molecule is CCCCCCC/C=C\C/C=C\C/C=C\CCCCCCCCCCCCC(=O)OCC(COC(=O)CCCCCCC/C=C\CCCCCCCC)OC(=O)CCCCCCCCCCCCCCCCCCCCCCCC. The van der Waals surface area contributed by atoms with Gasteiger partial charge in [0.15, 0.2) is 6.10 Å². The van der Waals surface area contributed by atoms with Crippen molar-refractivity contribution in [2.24, 2.45) is 0 Å². The van der Waals surface area contributed by atoms with Crippen LogP contribution in [0, 0.1) is 0 Å². The van der Waals surface area contributed by atoms with Crippen molar-refractivity contribution in [3.8, 4) is 0 Å². The number of hydrogen-bond donors (Lipinski definition) is 0. The Morgan fingerprint density at radius 1 is 0.250 bits per heavy atom. The van der Waals surface area contributed by atoms with E-state index in [2.05, 4.69) is 69.4 Å². The van der Waals surface area contributed by atoms with Gasteiger partial charge in [0, 0.05) is 19.3 Å². The molecule has 0 saturated heterocycles. The molecule has 0 spiro atoms. The molecule has 0 amide bonds. The lowest BCUT2D eigenvalue weighted by Crippen LogP contribution is -2.30. The van der Waals surface area contributed by atoms with Gasteiger partial charge in [-0.25, -0.2) is 0 Å². The van der Waals surface area contributed by atoms with Gasteiger partial charge in [-0.15, -0.1) is 0 Å². The van der Waals surface area contributed by atoms with Crippen LogP contribution in [-0.2, 0) is 28.6 Å². The Bertz CT molecular complexity index is 1380. The third-order valence-electron chi connectivity index (χ3n) is 16.1. The van der Waals surface area contributed by atoms with Gasteiger partial charge in [-0.2, -0.15) is 0 Å². The highest BCUT2D eigenvalue weighted by atomic mass is 16.6. The predicted octanol–water partition coefficient (Wildman–Crippen LogP) is 24.5. The lowest BCUT2D eigenvalue weighted by atomic mass is 10.0. The third-order valence-corrected chi connectivity index (χ3v) is 16.1. The summed E-state index contributed by atoms with van der Waals surface area (Å²) in [4.78, 5) is 38.5. The van der Waals surface area contributed by atoms with E-state index in [1.54, 1.807) is 0 Å². The molecule has 0 aliphatic rings. The molecule has 1 atom stereocenters. The zero-order valence-corrected chi connectivity index (χ0v) is 53.9. The summed E-state index contributed by atoms with van der Waals surface area (Å²) in [7, 11) is 0. The summed E-state index contributed by atoms with van der Waals surface area (Å²) in [6.45, 7) is 6.68. The maximum Gasteiger partial charge on any atom is 0.306 e. The quantitative estimate of drug-likeness (QED) is 0.0261. The molecule has 0 fully saturated rings. The van der Waals surface area contributed by atoms with Crippen LogP contribution in [0.1, 0.15) is 387 Å². The van der Waals surface area contributed by atoms with Crippen molar-refractivity contribution in [3.63, 3.8) is 0 Å². The van der Waals surface area contributed by atoms with Gasteiger partial charge in [0.2, 0.25) is 0 Å². The molecule has 0 aliphatic carbocycles. The van der Waals surface area contributed by atoms with Gasteiger partial charge in [0.05, 0.1) is 0 Å². The van der Waals surface area contributed by atoms with E-state index >= 15 is 0 Å². The van der Waals surface area contributed by atoms with Crippen LogP contribution < -0.4 is 0 Å². The molecule has 468 valence electrons. The summed E-state index contributed by atoms with van der Waals surface area (Å²) in [5.74, 6) is -0.858. The maximum atomic E-state index is 13.0. The molecule has 0 radical (unpaired) electrons.